The molecule has 3 unspecified atom stereocenters. The maximum absolute atomic E-state index is 12.1. The molecule has 2 rings (SSSR count). The van der Waals surface area contributed by atoms with E-state index in [2.05, 4.69) is 24.3 Å². The third kappa shape index (κ3) is 2.85. The first-order chi connectivity index (χ1) is 9.45. The number of hydrogen-bond donors (Lipinski definition) is 1. The molecule has 0 amide bonds. The summed E-state index contributed by atoms with van der Waals surface area (Å²) in [6.07, 6.45) is 5.25. The first-order valence-electron chi connectivity index (χ1n) is 7.49. The molecule has 0 aliphatic heterocycles. The van der Waals surface area contributed by atoms with Gasteiger partial charge in [0.15, 0.2) is 0 Å². The SMILES string of the molecule is CCC1CCC(Nc2cnn(C(C)C)c(=O)c2Cl)C1C. The highest BCUT2D eigenvalue weighted by Gasteiger charge is 2.32. The fourth-order valence-electron chi connectivity index (χ4n) is 3.14. The lowest BCUT2D eigenvalue weighted by Crippen LogP contribution is -2.29. The van der Waals surface area contributed by atoms with E-state index >= 15 is 0 Å². The summed E-state index contributed by atoms with van der Waals surface area (Å²) in [5.41, 5.74) is 0.450. The highest BCUT2D eigenvalue weighted by Crippen LogP contribution is 2.36. The maximum atomic E-state index is 12.1. The zero-order valence-corrected chi connectivity index (χ0v) is 13.4. The van der Waals surface area contributed by atoms with Crippen molar-refractivity contribution in [3.63, 3.8) is 0 Å². The number of anilines is 1. The van der Waals surface area contributed by atoms with E-state index in [1.165, 1.54) is 17.5 Å². The lowest BCUT2D eigenvalue weighted by Gasteiger charge is -2.22. The number of aromatic nitrogens is 2. The molecule has 1 aliphatic carbocycles. The van der Waals surface area contributed by atoms with Crippen LogP contribution in [-0.4, -0.2) is 15.8 Å². The van der Waals surface area contributed by atoms with Gasteiger partial charge in [-0.05, 0) is 38.5 Å². The van der Waals surface area contributed by atoms with Gasteiger partial charge in [0.25, 0.3) is 5.56 Å². The number of hydrogen-bond acceptors (Lipinski definition) is 3. The van der Waals surface area contributed by atoms with E-state index in [-0.39, 0.29) is 16.6 Å². The van der Waals surface area contributed by atoms with Crippen LogP contribution in [0.2, 0.25) is 5.02 Å². The van der Waals surface area contributed by atoms with Gasteiger partial charge in [-0.2, -0.15) is 5.10 Å². The Labute approximate surface area is 125 Å². The quantitative estimate of drug-likeness (QED) is 0.921. The molecule has 0 saturated heterocycles. The topological polar surface area (TPSA) is 46.9 Å². The largest absolute Gasteiger partial charge is 0.379 e. The molecule has 0 radical (unpaired) electrons. The molecule has 1 aromatic heterocycles. The Kier molecular flexibility index (Phi) is 4.74. The highest BCUT2D eigenvalue weighted by atomic mass is 35.5. The summed E-state index contributed by atoms with van der Waals surface area (Å²) >= 11 is 6.20. The Morgan fingerprint density at radius 3 is 2.75 bits per heavy atom. The van der Waals surface area contributed by atoms with Crippen LogP contribution in [0.25, 0.3) is 0 Å². The molecule has 1 fully saturated rings. The number of halogens is 1. The van der Waals surface area contributed by atoms with Gasteiger partial charge in [0.2, 0.25) is 0 Å². The molecule has 1 aliphatic rings. The summed E-state index contributed by atoms with van der Waals surface area (Å²) in [6.45, 7) is 8.35. The molecule has 1 N–H and O–H groups in total. The molecule has 1 saturated carbocycles. The van der Waals surface area contributed by atoms with Crippen molar-refractivity contribution in [2.24, 2.45) is 11.8 Å². The van der Waals surface area contributed by atoms with Gasteiger partial charge < -0.3 is 5.32 Å². The van der Waals surface area contributed by atoms with E-state index in [1.807, 2.05) is 13.8 Å². The van der Waals surface area contributed by atoms with Crippen LogP contribution in [0.5, 0.6) is 0 Å². The van der Waals surface area contributed by atoms with Gasteiger partial charge in [-0.1, -0.05) is 31.9 Å². The Morgan fingerprint density at radius 2 is 2.20 bits per heavy atom. The van der Waals surface area contributed by atoms with E-state index in [4.69, 9.17) is 11.6 Å². The van der Waals surface area contributed by atoms with Crippen LogP contribution < -0.4 is 10.9 Å². The molecule has 5 heteroatoms. The van der Waals surface area contributed by atoms with Crippen LogP contribution >= 0.6 is 11.6 Å². The van der Waals surface area contributed by atoms with Crippen LogP contribution in [0.15, 0.2) is 11.0 Å². The summed E-state index contributed by atoms with van der Waals surface area (Å²) in [7, 11) is 0. The Hall–Kier alpha value is -1.03. The van der Waals surface area contributed by atoms with Crippen molar-refractivity contribution in [1.29, 1.82) is 0 Å². The third-order valence-corrected chi connectivity index (χ3v) is 4.89. The Balaban J connectivity index is 2.19. The first-order valence-corrected chi connectivity index (χ1v) is 7.87. The summed E-state index contributed by atoms with van der Waals surface area (Å²) in [6, 6.07) is 0.400. The van der Waals surface area contributed by atoms with E-state index < -0.39 is 0 Å². The zero-order chi connectivity index (χ0) is 14.9. The number of rotatable bonds is 4. The predicted molar refractivity (Wildman–Crippen MR) is 83.5 cm³/mol. The minimum absolute atomic E-state index is 0.0175. The smallest absolute Gasteiger partial charge is 0.287 e. The lowest BCUT2D eigenvalue weighted by atomic mass is 9.93. The van der Waals surface area contributed by atoms with Crippen molar-refractivity contribution in [3.05, 3.63) is 21.6 Å². The summed E-state index contributed by atoms with van der Waals surface area (Å²) in [5.74, 6) is 1.36. The van der Waals surface area contributed by atoms with Gasteiger partial charge in [-0.25, -0.2) is 4.68 Å². The normalized spacial score (nSPS) is 26.2. The van der Waals surface area contributed by atoms with Gasteiger partial charge in [0.1, 0.15) is 5.02 Å². The first kappa shape index (κ1) is 15.4. The summed E-state index contributed by atoms with van der Waals surface area (Å²) < 4.78 is 1.42. The zero-order valence-electron chi connectivity index (χ0n) is 12.7. The molecule has 0 spiro atoms. The fraction of sp³-hybridized carbons (Fsp3) is 0.733. The second-order valence-corrected chi connectivity index (χ2v) is 6.45. The molecule has 3 atom stereocenters. The van der Waals surface area contributed by atoms with Crippen LogP contribution in [0.3, 0.4) is 0 Å². The van der Waals surface area contributed by atoms with Gasteiger partial charge >= 0.3 is 0 Å². The minimum atomic E-state index is -0.218. The molecule has 112 valence electrons. The third-order valence-electron chi connectivity index (χ3n) is 4.52. The molecule has 0 aromatic carbocycles. The van der Waals surface area contributed by atoms with Gasteiger partial charge in [0.05, 0.1) is 17.9 Å². The van der Waals surface area contributed by atoms with Crippen LogP contribution in [0.1, 0.15) is 53.0 Å². The average molecular weight is 298 g/mol. The standard InChI is InChI=1S/C15H24ClN3O/c1-5-11-6-7-12(10(11)4)18-13-8-17-19(9(2)3)15(20)14(13)16/h8-12,18H,5-7H2,1-4H3. The van der Waals surface area contributed by atoms with Gasteiger partial charge in [-0.3, -0.25) is 4.79 Å². The Morgan fingerprint density at radius 1 is 1.50 bits per heavy atom. The minimum Gasteiger partial charge on any atom is -0.379 e. The fourth-order valence-corrected chi connectivity index (χ4v) is 3.33. The van der Waals surface area contributed by atoms with Crippen molar-refractivity contribution in [3.8, 4) is 0 Å². The van der Waals surface area contributed by atoms with Crippen LogP contribution in [0, 0.1) is 11.8 Å². The second-order valence-electron chi connectivity index (χ2n) is 6.07. The summed E-state index contributed by atoms with van der Waals surface area (Å²) in [4.78, 5) is 12.1. The molecule has 0 bridgehead atoms. The van der Waals surface area contributed by atoms with Crippen molar-refractivity contribution < 1.29 is 0 Å². The van der Waals surface area contributed by atoms with Crippen molar-refractivity contribution in [2.75, 3.05) is 5.32 Å². The predicted octanol–water partition coefficient (Wildman–Crippen LogP) is 3.71. The van der Waals surface area contributed by atoms with E-state index in [0.717, 1.165) is 12.3 Å². The molecule has 4 nitrogen and oxygen atoms in total. The lowest BCUT2D eigenvalue weighted by molar-refractivity contribution is 0.391. The second kappa shape index (κ2) is 6.17. The molecule has 20 heavy (non-hydrogen) atoms. The van der Waals surface area contributed by atoms with E-state index in [1.54, 1.807) is 6.20 Å². The molecule has 1 aromatic rings. The monoisotopic (exact) mass is 297 g/mol. The highest BCUT2D eigenvalue weighted by molar-refractivity contribution is 6.32. The average Bonchev–Trinajstić information content (AvgIpc) is 2.75. The molecule has 1 heterocycles. The maximum Gasteiger partial charge on any atom is 0.287 e. The van der Waals surface area contributed by atoms with Crippen molar-refractivity contribution >= 4 is 17.3 Å². The Bertz CT molecular complexity index is 526. The number of nitrogens with zero attached hydrogens (tertiary/aromatic N) is 2. The van der Waals surface area contributed by atoms with Crippen molar-refractivity contribution in [1.82, 2.24) is 9.78 Å². The van der Waals surface area contributed by atoms with Gasteiger partial charge in [0, 0.05) is 6.04 Å². The van der Waals surface area contributed by atoms with Gasteiger partial charge in [-0.15, -0.1) is 0 Å². The van der Waals surface area contributed by atoms with E-state index in [9.17, 15) is 4.79 Å². The van der Waals surface area contributed by atoms with E-state index in [0.29, 0.717) is 17.6 Å². The summed E-state index contributed by atoms with van der Waals surface area (Å²) in [5, 5.41) is 7.88. The van der Waals surface area contributed by atoms with Crippen LogP contribution in [-0.2, 0) is 0 Å². The molecular formula is C15H24ClN3O. The number of nitrogens with one attached hydrogen (secondary N) is 1. The van der Waals surface area contributed by atoms with Crippen LogP contribution in [0.4, 0.5) is 5.69 Å². The molecular weight excluding hydrogens is 274 g/mol. The van der Waals surface area contributed by atoms with Crippen molar-refractivity contribution in [2.45, 2.75) is 59.0 Å².